The van der Waals surface area contributed by atoms with Gasteiger partial charge in [0, 0.05) is 24.2 Å². The molecule has 1 aromatic carbocycles. The summed E-state index contributed by atoms with van der Waals surface area (Å²) >= 11 is 0. The van der Waals surface area contributed by atoms with E-state index >= 15 is 0 Å². The van der Waals surface area contributed by atoms with Crippen LogP contribution in [0, 0.1) is 0 Å². The van der Waals surface area contributed by atoms with Gasteiger partial charge < -0.3 is 19.2 Å². The first-order valence-corrected chi connectivity index (χ1v) is 8.57. The fourth-order valence-corrected chi connectivity index (χ4v) is 2.53. The summed E-state index contributed by atoms with van der Waals surface area (Å²) in [6.45, 7) is 5.14. The zero-order chi connectivity index (χ0) is 17.4. The van der Waals surface area contributed by atoms with Crippen LogP contribution in [0.2, 0.25) is 0 Å². The fraction of sp³-hybridized carbons (Fsp3) is 0.526. The first-order valence-electron chi connectivity index (χ1n) is 8.57. The first kappa shape index (κ1) is 18.3. The number of benzene rings is 1. The maximum atomic E-state index is 5.62. The minimum absolute atomic E-state index is 0.480. The predicted octanol–water partition coefficient (Wildman–Crippen LogP) is 4.42. The van der Waals surface area contributed by atoms with E-state index in [0.29, 0.717) is 30.0 Å². The maximum Gasteiger partial charge on any atom is 0.226 e. The van der Waals surface area contributed by atoms with E-state index in [-0.39, 0.29) is 0 Å². The van der Waals surface area contributed by atoms with Crippen LogP contribution in [-0.2, 0) is 6.54 Å². The van der Waals surface area contributed by atoms with Crippen LogP contribution in [0.25, 0.3) is 11.5 Å². The lowest BCUT2D eigenvalue weighted by molar-refractivity contribution is 0.394. The van der Waals surface area contributed by atoms with Gasteiger partial charge in [-0.1, -0.05) is 26.2 Å². The van der Waals surface area contributed by atoms with Crippen LogP contribution < -0.4 is 14.8 Å². The molecule has 1 N–H and O–H groups in total. The van der Waals surface area contributed by atoms with Gasteiger partial charge in [0.15, 0.2) is 0 Å². The molecule has 0 aliphatic heterocycles. The second kappa shape index (κ2) is 9.33. The van der Waals surface area contributed by atoms with E-state index in [2.05, 4.69) is 24.1 Å². The molecular weight excluding hydrogens is 304 g/mol. The molecular formula is C19H28N2O3. The number of hydrogen-bond acceptors (Lipinski definition) is 5. The number of rotatable bonds is 10. The second-order valence-electron chi connectivity index (χ2n) is 6.02. The summed E-state index contributed by atoms with van der Waals surface area (Å²) in [6, 6.07) is 6.08. The van der Waals surface area contributed by atoms with Gasteiger partial charge in [0.05, 0.1) is 19.9 Å². The van der Waals surface area contributed by atoms with Gasteiger partial charge in [-0.2, -0.15) is 0 Å². The Morgan fingerprint density at radius 1 is 1.12 bits per heavy atom. The van der Waals surface area contributed by atoms with Gasteiger partial charge in [-0.05, 0) is 25.5 Å². The summed E-state index contributed by atoms with van der Waals surface area (Å²) in [5, 5.41) is 3.50. The number of hydrogen-bond donors (Lipinski definition) is 1. The molecule has 0 bridgehead atoms. The van der Waals surface area contributed by atoms with E-state index < -0.39 is 0 Å². The van der Waals surface area contributed by atoms with E-state index in [9.17, 15) is 0 Å². The first-order chi connectivity index (χ1) is 11.7. The van der Waals surface area contributed by atoms with Crippen molar-refractivity contribution in [1.29, 1.82) is 0 Å². The SMILES string of the molecule is CCCCCC(C)NCc1coc(-c2cc(OC)cc(OC)c2)n1. The number of methoxy groups -OCH3 is 2. The summed E-state index contributed by atoms with van der Waals surface area (Å²) in [4.78, 5) is 4.56. The highest BCUT2D eigenvalue weighted by Gasteiger charge is 2.11. The molecule has 24 heavy (non-hydrogen) atoms. The molecule has 2 aromatic rings. The molecule has 5 nitrogen and oxygen atoms in total. The van der Waals surface area contributed by atoms with Crippen molar-refractivity contribution in [3.8, 4) is 23.0 Å². The van der Waals surface area contributed by atoms with E-state index in [0.717, 1.165) is 11.3 Å². The summed E-state index contributed by atoms with van der Waals surface area (Å²) in [7, 11) is 3.26. The molecule has 5 heteroatoms. The number of nitrogens with zero attached hydrogens (tertiary/aromatic N) is 1. The molecule has 0 aliphatic rings. The Bertz CT molecular complexity index is 603. The third-order valence-corrected chi connectivity index (χ3v) is 4.02. The van der Waals surface area contributed by atoms with Gasteiger partial charge in [0.1, 0.15) is 17.8 Å². The summed E-state index contributed by atoms with van der Waals surface area (Å²) in [5.74, 6) is 2.00. The third kappa shape index (κ3) is 5.27. The number of nitrogens with one attached hydrogen (secondary N) is 1. The number of oxazole rings is 1. The summed E-state index contributed by atoms with van der Waals surface area (Å²) < 4.78 is 16.2. The topological polar surface area (TPSA) is 56.5 Å². The molecule has 0 radical (unpaired) electrons. The average molecular weight is 332 g/mol. The van der Waals surface area contributed by atoms with Crippen molar-refractivity contribution < 1.29 is 13.9 Å². The van der Waals surface area contributed by atoms with Crippen molar-refractivity contribution in [2.24, 2.45) is 0 Å². The second-order valence-corrected chi connectivity index (χ2v) is 6.02. The average Bonchev–Trinajstić information content (AvgIpc) is 3.08. The molecule has 2 rings (SSSR count). The zero-order valence-corrected chi connectivity index (χ0v) is 15.1. The molecule has 0 saturated carbocycles. The Balaban J connectivity index is 1.98. The van der Waals surface area contributed by atoms with E-state index in [1.165, 1.54) is 25.7 Å². The highest BCUT2D eigenvalue weighted by atomic mass is 16.5. The molecule has 0 aliphatic carbocycles. The van der Waals surface area contributed by atoms with Crippen molar-refractivity contribution in [2.75, 3.05) is 14.2 Å². The highest BCUT2D eigenvalue weighted by Crippen LogP contribution is 2.29. The van der Waals surface area contributed by atoms with Crippen LogP contribution in [0.5, 0.6) is 11.5 Å². The Morgan fingerprint density at radius 2 is 1.83 bits per heavy atom. The monoisotopic (exact) mass is 332 g/mol. The van der Waals surface area contributed by atoms with Gasteiger partial charge in [-0.15, -0.1) is 0 Å². The Kier molecular flexibility index (Phi) is 7.12. The Morgan fingerprint density at radius 3 is 2.46 bits per heavy atom. The molecule has 1 atom stereocenters. The fourth-order valence-electron chi connectivity index (χ4n) is 2.53. The lowest BCUT2D eigenvalue weighted by Crippen LogP contribution is -2.25. The van der Waals surface area contributed by atoms with Gasteiger partial charge in [0.2, 0.25) is 5.89 Å². The van der Waals surface area contributed by atoms with E-state index in [4.69, 9.17) is 13.9 Å². The minimum atomic E-state index is 0.480. The lowest BCUT2D eigenvalue weighted by Gasteiger charge is -2.11. The molecule has 132 valence electrons. The minimum Gasteiger partial charge on any atom is -0.497 e. The van der Waals surface area contributed by atoms with Gasteiger partial charge in [-0.3, -0.25) is 0 Å². The van der Waals surface area contributed by atoms with Crippen molar-refractivity contribution in [2.45, 2.75) is 52.1 Å². The zero-order valence-electron chi connectivity index (χ0n) is 15.1. The van der Waals surface area contributed by atoms with Gasteiger partial charge >= 0.3 is 0 Å². The summed E-state index contributed by atoms with van der Waals surface area (Å²) in [5.41, 5.74) is 1.74. The van der Waals surface area contributed by atoms with Gasteiger partial charge in [0.25, 0.3) is 0 Å². The van der Waals surface area contributed by atoms with Crippen LogP contribution in [0.1, 0.15) is 45.2 Å². The Labute approximate surface area is 144 Å². The van der Waals surface area contributed by atoms with Crippen LogP contribution >= 0.6 is 0 Å². The van der Waals surface area contributed by atoms with E-state index in [1.807, 2.05) is 18.2 Å². The van der Waals surface area contributed by atoms with Crippen LogP contribution in [0.3, 0.4) is 0 Å². The molecule has 0 amide bonds. The maximum absolute atomic E-state index is 5.62. The number of unbranched alkanes of at least 4 members (excludes halogenated alkanes) is 2. The largest absolute Gasteiger partial charge is 0.497 e. The van der Waals surface area contributed by atoms with Crippen molar-refractivity contribution >= 4 is 0 Å². The molecule has 1 unspecified atom stereocenters. The number of ether oxygens (including phenoxy) is 2. The lowest BCUT2D eigenvalue weighted by atomic mass is 10.1. The smallest absolute Gasteiger partial charge is 0.226 e. The van der Waals surface area contributed by atoms with Crippen LogP contribution in [-0.4, -0.2) is 25.2 Å². The van der Waals surface area contributed by atoms with Gasteiger partial charge in [-0.25, -0.2) is 4.98 Å². The molecule has 0 fully saturated rings. The quantitative estimate of drug-likeness (QED) is 0.653. The van der Waals surface area contributed by atoms with Crippen molar-refractivity contribution in [3.05, 3.63) is 30.2 Å². The molecule has 0 saturated heterocycles. The predicted molar refractivity (Wildman–Crippen MR) is 95.5 cm³/mol. The number of aromatic nitrogens is 1. The summed E-state index contributed by atoms with van der Waals surface area (Å²) in [6.07, 6.45) is 6.69. The Hall–Kier alpha value is -2.01. The van der Waals surface area contributed by atoms with Crippen molar-refractivity contribution in [3.63, 3.8) is 0 Å². The van der Waals surface area contributed by atoms with Crippen molar-refractivity contribution in [1.82, 2.24) is 10.3 Å². The highest BCUT2D eigenvalue weighted by molar-refractivity contribution is 5.59. The van der Waals surface area contributed by atoms with Crippen LogP contribution in [0.15, 0.2) is 28.9 Å². The molecule has 1 heterocycles. The van der Waals surface area contributed by atoms with E-state index in [1.54, 1.807) is 20.5 Å². The third-order valence-electron chi connectivity index (χ3n) is 4.02. The van der Waals surface area contributed by atoms with Crippen LogP contribution in [0.4, 0.5) is 0 Å². The normalized spacial score (nSPS) is 12.2. The molecule has 1 aromatic heterocycles. The molecule has 0 spiro atoms. The standard InChI is InChI=1S/C19H28N2O3/c1-5-6-7-8-14(2)20-12-16-13-24-19(21-16)15-9-17(22-3)11-18(10-15)23-4/h9-11,13-14,20H,5-8,12H2,1-4H3.